The molecule has 0 saturated heterocycles. The third kappa shape index (κ3) is 3.09. The number of amides is 1. The maximum Gasteiger partial charge on any atom is 0.252 e. The van der Waals surface area contributed by atoms with Gasteiger partial charge in [-0.2, -0.15) is 10.2 Å². The molecule has 1 atom stereocenters. The molecule has 0 bridgehead atoms. The van der Waals surface area contributed by atoms with Crippen LogP contribution in [0.3, 0.4) is 0 Å². The Morgan fingerprint density at radius 3 is 2.65 bits per heavy atom. The summed E-state index contributed by atoms with van der Waals surface area (Å²) in [5.41, 5.74) is 3.98. The number of carbonyl (C=O) groups is 1. The smallest absolute Gasteiger partial charge is 0.252 e. The van der Waals surface area contributed by atoms with Crippen molar-refractivity contribution >= 4 is 16.9 Å². The summed E-state index contributed by atoms with van der Waals surface area (Å²) in [5.74, 6) is -0.122. The largest absolute Gasteiger partial charge is 0.344 e. The third-order valence-electron chi connectivity index (χ3n) is 4.54. The van der Waals surface area contributed by atoms with Crippen LogP contribution in [-0.2, 0) is 6.54 Å². The zero-order valence-corrected chi connectivity index (χ0v) is 16.2. The SMILES string of the molecule is CCn1nccc1[C@@H](C)NC(=O)c1cc(C)nc2c1c(C)nn2C(C)C. The van der Waals surface area contributed by atoms with E-state index in [1.807, 2.05) is 49.2 Å². The minimum Gasteiger partial charge on any atom is -0.344 e. The Bertz CT molecular complexity index is 952. The van der Waals surface area contributed by atoms with Gasteiger partial charge in [-0.15, -0.1) is 0 Å². The maximum atomic E-state index is 13.0. The van der Waals surface area contributed by atoms with Crippen molar-refractivity contribution in [3.63, 3.8) is 0 Å². The molecule has 0 radical (unpaired) electrons. The highest BCUT2D eigenvalue weighted by molar-refractivity contribution is 6.06. The van der Waals surface area contributed by atoms with E-state index in [2.05, 4.69) is 34.3 Å². The van der Waals surface area contributed by atoms with Crippen molar-refractivity contribution < 1.29 is 4.79 Å². The fourth-order valence-corrected chi connectivity index (χ4v) is 3.30. The molecule has 0 fully saturated rings. The van der Waals surface area contributed by atoms with Gasteiger partial charge in [0.15, 0.2) is 5.65 Å². The molecular formula is C19H26N6O. The topological polar surface area (TPSA) is 77.6 Å². The van der Waals surface area contributed by atoms with Crippen molar-refractivity contribution in [3.05, 3.63) is 41.0 Å². The summed E-state index contributed by atoms with van der Waals surface area (Å²) in [6.07, 6.45) is 1.76. The monoisotopic (exact) mass is 354 g/mol. The molecule has 3 heterocycles. The number of fused-ring (bicyclic) bond motifs is 1. The Kier molecular flexibility index (Phi) is 4.80. The summed E-state index contributed by atoms with van der Waals surface area (Å²) in [6, 6.07) is 3.80. The van der Waals surface area contributed by atoms with Crippen LogP contribution in [0.1, 0.15) is 67.2 Å². The predicted octanol–water partition coefficient (Wildman–Crippen LogP) is 3.34. The van der Waals surface area contributed by atoms with Gasteiger partial charge in [0.1, 0.15) is 0 Å². The van der Waals surface area contributed by atoms with Gasteiger partial charge in [-0.1, -0.05) is 0 Å². The summed E-state index contributed by atoms with van der Waals surface area (Å²) in [5, 5.41) is 12.8. The summed E-state index contributed by atoms with van der Waals surface area (Å²) in [7, 11) is 0. The van der Waals surface area contributed by atoms with Crippen LogP contribution in [0.5, 0.6) is 0 Å². The number of nitrogens with zero attached hydrogens (tertiary/aromatic N) is 5. The molecule has 3 aromatic rings. The number of aromatic nitrogens is 5. The molecule has 0 unspecified atom stereocenters. The molecule has 1 N–H and O–H groups in total. The van der Waals surface area contributed by atoms with Crippen LogP contribution >= 0.6 is 0 Å². The van der Waals surface area contributed by atoms with E-state index in [0.29, 0.717) is 5.56 Å². The minimum absolute atomic E-state index is 0.122. The van der Waals surface area contributed by atoms with Gasteiger partial charge in [0.25, 0.3) is 5.91 Å². The number of hydrogen-bond acceptors (Lipinski definition) is 4. The highest BCUT2D eigenvalue weighted by Gasteiger charge is 2.22. The number of hydrogen-bond donors (Lipinski definition) is 1. The molecule has 0 aromatic carbocycles. The van der Waals surface area contributed by atoms with Crippen LogP contribution in [0, 0.1) is 13.8 Å². The van der Waals surface area contributed by atoms with Crippen molar-refractivity contribution in [1.82, 2.24) is 29.9 Å². The first-order valence-corrected chi connectivity index (χ1v) is 9.02. The van der Waals surface area contributed by atoms with Crippen molar-refractivity contribution in [2.75, 3.05) is 0 Å². The molecule has 3 rings (SSSR count). The summed E-state index contributed by atoms with van der Waals surface area (Å²) in [6.45, 7) is 12.7. The quantitative estimate of drug-likeness (QED) is 0.762. The first-order chi connectivity index (χ1) is 12.3. The highest BCUT2D eigenvalue weighted by atomic mass is 16.1. The summed E-state index contributed by atoms with van der Waals surface area (Å²) >= 11 is 0. The molecule has 7 heteroatoms. The first-order valence-electron chi connectivity index (χ1n) is 9.02. The molecule has 1 amide bonds. The van der Waals surface area contributed by atoms with E-state index in [1.54, 1.807) is 6.20 Å². The second-order valence-electron chi connectivity index (χ2n) is 6.90. The van der Waals surface area contributed by atoms with Crippen LogP contribution in [0.25, 0.3) is 11.0 Å². The van der Waals surface area contributed by atoms with Crippen molar-refractivity contribution in [2.24, 2.45) is 0 Å². The van der Waals surface area contributed by atoms with E-state index >= 15 is 0 Å². The van der Waals surface area contributed by atoms with E-state index in [9.17, 15) is 4.79 Å². The van der Waals surface area contributed by atoms with Crippen LogP contribution in [0.2, 0.25) is 0 Å². The first kappa shape index (κ1) is 18.1. The van der Waals surface area contributed by atoms with Gasteiger partial charge in [-0.05, 0) is 53.7 Å². The standard InChI is InChI=1S/C19H26N6O/c1-7-24-16(8-9-20-24)13(5)22-19(26)15-10-12(4)21-18-17(15)14(6)23-25(18)11(2)3/h8-11,13H,7H2,1-6H3,(H,22,26)/t13-/m1/s1. The number of rotatable bonds is 5. The second kappa shape index (κ2) is 6.90. The predicted molar refractivity (Wildman–Crippen MR) is 101 cm³/mol. The van der Waals surface area contributed by atoms with Gasteiger partial charge >= 0.3 is 0 Å². The van der Waals surface area contributed by atoms with E-state index in [4.69, 9.17) is 0 Å². The lowest BCUT2D eigenvalue weighted by Gasteiger charge is -2.16. The Morgan fingerprint density at radius 2 is 2.00 bits per heavy atom. The summed E-state index contributed by atoms with van der Waals surface area (Å²) < 4.78 is 3.77. The molecule has 0 aliphatic heterocycles. The Labute approximate surface area is 153 Å². The molecular weight excluding hydrogens is 328 g/mol. The molecule has 0 spiro atoms. The van der Waals surface area contributed by atoms with Gasteiger partial charge in [0.2, 0.25) is 0 Å². The zero-order valence-electron chi connectivity index (χ0n) is 16.2. The fourth-order valence-electron chi connectivity index (χ4n) is 3.30. The van der Waals surface area contributed by atoms with Gasteiger partial charge in [0, 0.05) is 24.5 Å². The number of pyridine rings is 1. The Balaban J connectivity index is 2.01. The summed E-state index contributed by atoms with van der Waals surface area (Å²) in [4.78, 5) is 17.7. The van der Waals surface area contributed by atoms with Gasteiger partial charge in [0.05, 0.1) is 28.4 Å². The molecule has 7 nitrogen and oxygen atoms in total. The average molecular weight is 354 g/mol. The average Bonchev–Trinajstić information content (AvgIpc) is 3.18. The number of nitrogens with one attached hydrogen (secondary N) is 1. The van der Waals surface area contributed by atoms with Crippen LogP contribution < -0.4 is 5.32 Å². The molecule has 138 valence electrons. The Morgan fingerprint density at radius 1 is 1.27 bits per heavy atom. The van der Waals surface area contributed by atoms with Crippen molar-refractivity contribution in [1.29, 1.82) is 0 Å². The van der Waals surface area contributed by atoms with Crippen LogP contribution in [0.4, 0.5) is 0 Å². The van der Waals surface area contributed by atoms with Crippen LogP contribution in [-0.4, -0.2) is 30.5 Å². The number of aryl methyl sites for hydroxylation is 3. The number of carbonyl (C=O) groups excluding carboxylic acids is 1. The van der Waals surface area contributed by atoms with E-state index < -0.39 is 0 Å². The zero-order chi connectivity index (χ0) is 19.0. The second-order valence-corrected chi connectivity index (χ2v) is 6.90. The maximum absolute atomic E-state index is 13.0. The molecule has 0 aliphatic rings. The van der Waals surface area contributed by atoms with Gasteiger partial charge < -0.3 is 5.32 Å². The van der Waals surface area contributed by atoms with E-state index in [0.717, 1.165) is 34.7 Å². The van der Waals surface area contributed by atoms with Gasteiger partial charge in [-0.25, -0.2) is 9.67 Å². The third-order valence-corrected chi connectivity index (χ3v) is 4.54. The van der Waals surface area contributed by atoms with Crippen molar-refractivity contribution in [3.8, 4) is 0 Å². The lowest BCUT2D eigenvalue weighted by Crippen LogP contribution is -2.28. The minimum atomic E-state index is -0.145. The molecule has 0 saturated carbocycles. The van der Waals surface area contributed by atoms with Crippen molar-refractivity contribution in [2.45, 2.75) is 60.2 Å². The van der Waals surface area contributed by atoms with Crippen LogP contribution in [0.15, 0.2) is 18.3 Å². The Hall–Kier alpha value is -2.70. The normalized spacial score (nSPS) is 12.7. The lowest BCUT2D eigenvalue weighted by molar-refractivity contribution is 0.0939. The lowest BCUT2D eigenvalue weighted by atomic mass is 10.1. The fraction of sp³-hybridized carbons (Fsp3) is 0.474. The van der Waals surface area contributed by atoms with E-state index in [1.165, 1.54) is 0 Å². The molecule has 26 heavy (non-hydrogen) atoms. The molecule has 3 aromatic heterocycles. The van der Waals surface area contributed by atoms with E-state index in [-0.39, 0.29) is 18.0 Å². The molecule has 0 aliphatic carbocycles. The highest BCUT2D eigenvalue weighted by Crippen LogP contribution is 2.25. The van der Waals surface area contributed by atoms with Gasteiger partial charge in [-0.3, -0.25) is 9.48 Å².